The highest BCUT2D eigenvalue weighted by molar-refractivity contribution is 7.96. The van der Waals surface area contributed by atoms with Gasteiger partial charge in [0, 0.05) is 18.3 Å². The van der Waals surface area contributed by atoms with E-state index in [1.807, 2.05) is 0 Å². The number of nitrogens with zero attached hydrogens (tertiary/aromatic N) is 3. The van der Waals surface area contributed by atoms with Crippen molar-refractivity contribution < 1.29 is 8.68 Å². The van der Waals surface area contributed by atoms with Crippen molar-refractivity contribution >= 4 is 35.7 Å². The zero-order valence-corrected chi connectivity index (χ0v) is 12.4. The Balaban J connectivity index is 1.80. The highest BCUT2D eigenvalue weighted by atomic mass is 35.5. The second-order valence-corrected chi connectivity index (χ2v) is 5.66. The second kappa shape index (κ2) is 5.99. The average Bonchev–Trinajstić information content (AvgIpc) is 2.92. The Morgan fingerprint density at radius 1 is 1.33 bits per heavy atom. The lowest BCUT2D eigenvalue weighted by molar-refractivity contribution is -0.120. The quantitative estimate of drug-likeness (QED) is 0.641. The molecule has 0 saturated carbocycles. The lowest BCUT2D eigenvalue weighted by Crippen LogP contribution is -2.31. The van der Waals surface area contributed by atoms with E-state index in [1.165, 1.54) is 6.20 Å². The molecule has 0 saturated heterocycles. The third-order valence-corrected chi connectivity index (χ3v) is 4.17. The minimum Gasteiger partial charge on any atom is -0.273 e. The molecule has 7 heteroatoms. The van der Waals surface area contributed by atoms with Crippen molar-refractivity contribution in [2.45, 2.75) is 12.8 Å². The molecule has 1 aliphatic rings. The van der Waals surface area contributed by atoms with Crippen LogP contribution in [-0.4, -0.2) is 15.9 Å². The molecule has 21 heavy (non-hydrogen) atoms. The van der Waals surface area contributed by atoms with Gasteiger partial charge in [0.05, 0.1) is 0 Å². The van der Waals surface area contributed by atoms with Crippen LogP contribution in [0.25, 0.3) is 0 Å². The lowest BCUT2D eigenvalue weighted by Gasteiger charge is -2.19. The molecule has 1 aliphatic carbocycles. The van der Waals surface area contributed by atoms with Crippen LogP contribution in [0.3, 0.4) is 0 Å². The molecule has 108 valence electrons. The number of carbonyl (C=O) groups excluding carboxylic acids is 1. The highest BCUT2D eigenvalue weighted by Crippen LogP contribution is 2.32. The minimum absolute atomic E-state index is 0.121. The Morgan fingerprint density at radius 3 is 2.86 bits per heavy atom. The number of hydrogen-bond donors (Lipinski definition) is 0. The van der Waals surface area contributed by atoms with E-state index in [-0.39, 0.29) is 24.2 Å². The summed E-state index contributed by atoms with van der Waals surface area (Å²) in [4.78, 5) is 20.5. The maximum atomic E-state index is 13.2. The average molecular weight is 324 g/mol. The van der Waals surface area contributed by atoms with Crippen molar-refractivity contribution in [3.8, 4) is 0 Å². The van der Waals surface area contributed by atoms with Crippen molar-refractivity contribution in [3.63, 3.8) is 0 Å². The monoisotopic (exact) mass is 323 g/mol. The van der Waals surface area contributed by atoms with Gasteiger partial charge < -0.3 is 0 Å². The Kier molecular flexibility index (Phi) is 4.07. The maximum Gasteiger partial charge on any atom is 0.244 e. The number of hydrogen-bond acceptors (Lipinski definition) is 4. The van der Waals surface area contributed by atoms with Crippen LogP contribution in [0.2, 0.25) is 5.15 Å². The van der Waals surface area contributed by atoms with Gasteiger partial charge in [-0.1, -0.05) is 17.7 Å². The molecule has 1 unspecified atom stereocenters. The van der Waals surface area contributed by atoms with E-state index in [0.717, 1.165) is 15.4 Å². The van der Waals surface area contributed by atoms with Gasteiger partial charge in [-0.2, -0.15) is 0 Å². The third kappa shape index (κ3) is 2.87. The van der Waals surface area contributed by atoms with Crippen LogP contribution in [0.4, 0.5) is 9.70 Å². The fourth-order valence-corrected chi connectivity index (χ4v) is 3.05. The van der Waals surface area contributed by atoms with Gasteiger partial charge in [-0.15, -0.1) is 3.89 Å². The summed E-state index contributed by atoms with van der Waals surface area (Å²) in [6.45, 7) is 0. The molecule has 0 N–H and O–H groups in total. The first-order valence-corrected chi connectivity index (χ1v) is 7.41. The van der Waals surface area contributed by atoms with Crippen LogP contribution in [0.15, 0.2) is 36.7 Å². The van der Waals surface area contributed by atoms with Gasteiger partial charge in [-0.3, -0.25) is 4.79 Å². The summed E-state index contributed by atoms with van der Waals surface area (Å²) in [5.41, 5.74) is 1.99. The molecule has 4 nitrogen and oxygen atoms in total. The summed E-state index contributed by atoms with van der Waals surface area (Å²) < 4.78 is 14.2. The number of rotatable bonds is 3. The van der Waals surface area contributed by atoms with Crippen molar-refractivity contribution in [2.75, 3.05) is 4.31 Å². The molecule has 2 aromatic rings. The third-order valence-electron chi connectivity index (χ3n) is 3.46. The van der Waals surface area contributed by atoms with Crippen LogP contribution < -0.4 is 4.31 Å². The Labute approximate surface area is 130 Å². The van der Waals surface area contributed by atoms with Crippen LogP contribution >= 0.6 is 23.9 Å². The molecule has 0 aliphatic heterocycles. The first-order chi connectivity index (χ1) is 10.2. The van der Waals surface area contributed by atoms with Crippen molar-refractivity contribution in [1.82, 2.24) is 9.97 Å². The SMILES string of the molecule is O=C(C1Cc2cnc(Cl)cc2C1)N(SF)c1ccccn1. The van der Waals surface area contributed by atoms with Gasteiger partial charge in [0.1, 0.15) is 11.0 Å². The van der Waals surface area contributed by atoms with E-state index in [2.05, 4.69) is 9.97 Å². The molecule has 0 fully saturated rings. The molecule has 2 heterocycles. The van der Waals surface area contributed by atoms with E-state index < -0.39 is 0 Å². The molecular weight excluding hydrogens is 313 g/mol. The van der Waals surface area contributed by atoms with E-state index in [4.69, 9.17) is 11.6 Å². The van der Waals surface area contributed by atoms with E-state index >= 15 is 0 Å². The Bertz CT molecular complexity index is 671. The zero-order chi connectivity index (χ0) is 14.8. The van der Waals surface area contributed by atoms with Crippen LogP contribution in [0.5, 0.6) is 0 Å². The number of anilines is 1. The summed E-state index contributed by atoms with van der Waals surface area (Å²) in [7, 11) is 0. The second-order valence-electron chi connectivity index (χ2n) is 4.77. The van der Waals surface area contributed by atoms with Gasteiger partial charge >= 0.3 is 0 Å². The van der Waals surface area contributed by atoms with Gasteiger partial charge in [0.25, 0.3) is 0 Å². The molecule has 0 aromatic carbocycles. The Hall–Kier alpha value is -1.66. The largest absolute Gasteiger partial charge is 0.273 e. The summed E-state index contributed by atoms with van der Waals surface area (Å²) in [5.74, 6) is -0.318. The predicted molar refractivity (Wildman–Crippen MR) is 80.6 cm³/mol. The number of fused-ring (bicyclic) bond motifs is 1. The van der Waals surface area contributed by atoms with E-state index in [9.17, 15) is 8.68 Å². The van der Waals surface area contributed by atoms with Crippen LogP contribution in [-0.2, 0) is 17.6 Å². The van der Waals surface area contributed by atoms with Gasteiger partial charge in [0.15, 0.2) is 12.3 Å². The highest BCUT2D eigenvalue weighted by Gasteiger charge is 2.33. The molecule has 1 amide bonds. The van der Waals surface area contributed by atoms with Crippen molar-refractivity contribution in [2.24, 2.45) is 5.92 Å². The predicted octanol–water partition coefficient (Wildman–Crippen LogP) is 3.41. The normalized spacial score (nSPS) is 16.6. The molecule has 0 spiro atoms. The van der Waals surface area contributed by atoms with Crippen molar-refractivity contribution in [3.05, 3.63) is 52.9 Å². The summed E-state index contributed by atoms with van der Waals surface area (Å²) >= 11 is 5.74. The smallest absolute Gasteiger partial charge is 0.244 e. The number of aromatic nitrogens is 2. The molecule has 0 bridgehead atoms. The van der Waals surface area contributed by atoms with Crippen LogP contribution in [0, 0.1) is 5.92 Å². The molecular formula is C14H11ClFN3OS. The van der Waals surface area contributed by atoms with E-state index in [0.29, 0.717) is 23.8 Å². The number of carbonyl (C=O) groups is 1. The molecule has 0 radical (unpaired) electrons. The van der Waals surface area contributed by atoms with Gasteiger partial charge in [-0.05, 0) is 42.2 Å². The zero-order valence-electron chi connectivity index (χ0n) is 10.9. The standard InChI is InChI=1S/C14H11ClFN3OS/c15-12-7-9-5-10(6-11(9)8-18-12)14(20)19(21-16)13-3-1-2-4-17-13/h1-4,7-8,10H,5-6H2. The number of pyridine rings is 2. The maximum absolute atomic E-state index is 13.2. The van der Waals surface area contributed by atoms with E-state index in [1.54, 1.807) is 30.5 Å². The Morgan fingerprint density at radius 2 is 2.14 bits per heavy atom. The summed E-state index contributed by atoms with van der Waals surface area (Å²) in [6.07, 6.45) is 4.29. The first-order valence-electron chi connectivity index (χ1n) is 6.36. The fourth-order valence-electron chi connectivity index (χ4n) is 2.47. The molecule has 1 atom stereocenters. The lowest BCUT2D eigenvalue weighted by atomic mass is 10.1. The van der Waals surface area contributed by atoms with Crippen molar-refractivity contribution in [1.29, 1.82) is 0 Å². The topological polar surface area (TPSA) is 46.1 Å². The van der Waals surface area contributed by atoms with Gasteiger partial charge in [-0.25, -0.2) is 14.3 Å². The summed E-state index contributed by atoms with van der Waals surface area (Å²) in [5, 5.41) is 0.406. The van der Waals surface area contributed by atoms with Gasteiger partial charge in [0.2, 0.25) is 5.91 Å². The fraction of sp³-hybridized carbons (Fsp3) is 0.214. The molecule has 3 rings (SSSR count). The number of halogens is 2. The minimum atomic E-state index is -0.314. The summed E-state index contributed by atoms with van der Waals surface area (Å²) in [6, 6.07) is 6.79. The molecule has 2 aromatic heterocycles. The number of amides is 1. The first kappa shape index (κ1) is 14.3. The van der Waals surface area contributed by atoms with Crippen LogP contribution in [0.1, 0.15) is 11.1 Å².